The van der Waals surface area contributed by atoms with Gasteiger partial charge in [-0.15, -0.1) is 0 Å². The molecule has 164 valence electrons. The third-order valence-corrected chi connectivity index (χ3v) is 6.62. The standard InChI is InChI=1S/C20H21F2N5O3S/c1-25(2)31(29,30)24-20(28)16-12-23-27-9-7-14(11-19(16)27)26-8-3-4-18(26)15-10-13(21)5-6-17(15)22/h5-7,9-12,18H,3-4,8H2,1-2H3,(H,24,28)/p-1/t18-/m1/s1. The van der Waals surface area contributed by atoms with Crippen LogP contribution in [0.1, 0.15) is 30.0 Å². The summed E-state index contributed by atoms with van der Waals surface area (Å²) in [6, 6.07) is 6.48. The molecule has 1 saturated heterocycles. The van der Waals surface area contributed by atoms with Gasteiger partial charge in [-0.1, -0.05) is 0 Å². The average molecular weight is 448 g/mol. The van der Waals surface area contributed by atoms with E-state index in [1.165, 1.54) is 30.9 Å². The summed E-state index contributed by atoms with van der Waals surface area (Å²) in [6.07, 6.45) is 4.31. The number of halogens is 2. The van der Waals surface area contributed by atoms with Crippen molar-refractivity contribution in [2.75, 3.05) is 25.5 Å². The molecule has 0 radical (unpaired) electrons. The first-order valence-electron chi connectivity index (χ1n) is 9.56. The summed E-state index contributed by atoms with van der Waals surface area (Å²) < 4.78 is 57.6. The Bertz CT molecular complexity index is 1270. The first-order valence-corrected chi connectivity index (χ1v) is 11.0. The largest absolute Gasteiger partial charge is 0.857 e. The van der Waals surface area contributed by atoms with Crippen LogP contribution in [0.5, 0.6) is 0 Å². The molecule has 0 aliphatic carbocycles. The van der Waals surface area contributed by atoms with Gasteiger partial charge in [0.2, 0.25) is 0 Å². The van der Waals surface area contributed by atoms with Gasteiger partial charge in [0.25, 0.3) is 0 Å². The molecule has 1 fully saturated rings. The zero-order valence-corrected chi connectivity index (χ0v) is 17.7. The number of nitrogens with zero attached hydrogens (tertiary/aromatic N) is 5. The van der Waals surface area contributed by atoms with Crippen LogP contribution in [-0.2, 0) is 10.2 Å². The molecule has 2 aromatic heterocycles. The van der Waals surface area contributed by atoms with Crippen molar-refractivity contribution in [3.63, 3.8) is 0 Å². The minimum Gasteiger partial charge on any atom is -0.857 e. The van der Waals surface area contributed by atoms with E-state index in [1.54, 1.807) is 18.3 Å². The van der Waals surface area contributed by atoms with Crippen molar-refractivity contribution in [2.24, 2.45) is 4.40 Å². The highest BCUT2D eigenvalue weighted by molar-refractivity contribution is 7.87. The third kappa shape index (κ3) is 3.98. The number of rotatable bonds is 5. The maximum absolute atomic E-state index is 14.4. The predicted molar refractivity (Wildman–Crippen MR) is 110 cm³/mol. The van der Waals surface area contributed by atoms with Crippen molar-refractivity contribution in [1.29, 1.82) is 0 Å². The van der Waals surface area contributed by atoms with Crippen LogP contribution in [0.3, 0.4) is 0 Å². The van der Waals surface area contributed by atoms with Crippen LogP contribution >= 0.6 is 0 Å². The number of hydrogen-bond acceptors (Lipinski definition) is 5. The molecule has 1 atom stereocenters. The molecule has 1 aliphatic heterocycles. The van der Waals surface area contributed by atoms with E-state index in [0.29, 0.717) is 24.2 Å². The molecule has 0 amide bonds. The van der Waals surface area contributed by atoms with Crippen molar-refractivity contribution in [3.05, 3.63) is 65.5 Å². The Hall–Kier alpha value is -3.05. The summed E-state index contributed by atoms with van der Waals surface area (Å²) in [5.74, 6) is -1.92. The first kappa shape index (κ1) is 21.2. The second-order valence-electron chi connectivity index (χ2n) is 7.45. The number of hydrogen-bond donors (Lipinski definition) is 0. The normalized spacial score (nSPS) is 17.8. The van der Waals surface area contributed by atoms with E-state index in [1.807, 2.05) is 4.90 Å². The van der Waals surface area contributed by atoms with Crippen LogP contribution in [0.15, 0.2) is 47.1 Å². The van der Waals surface area contributed by atoms with Gasteiger partial charge in [0.05, 0.1) is 17.8 Å². The number of aromatic nitrogens is 2. The fraction of sp³-hybridized carbons (Fsp3) is 0.300. The highest BCUT2D eigenvalue weighted by atomic mass is 32.2. The topological polar surface area (TPSA) is 93.3 Å². The summed E-state index contributed by atoms with van der Waals surface area (Å²) >= 11 is 0. The zero-order chi connectivity index (χ0) is 22.3. The van der Waals surface area contributed by atoms with Gasteiger partial charge < -0.3 is 10.0 Å². The summed E-state index contributed by atoms with van der Waals surface area (Å²) in [6.45, 7) is 0.619. The lowest BCUT2D eigenvalue weighted by Crippen LogP contribution is -2.26. The molecule has 3 aromatic rings. The van der Waals surface area contributed by atoms with Gasteiger partial charge >= 0.3 is 10.2 Å². The van der Waals surface area contributed by atoms with Gasteiger partial charge in [-0.05, 0) is 43.2 Å². The van der Waals surface area contributed by atoms with E-state index >= 15 is 0 Å². The Morgan fingerprint density at radius 3 is 2.77 bits per heavy atom. The minimum atomic E-state index is -4.09. The lowest BCUT2D eigenvalue weighted by Gasteiger charge is -2.27. The van der Waals surface area contributed by atoms with Gasteiger partial charge in [-0.3, -0.25) is 0 Å². The monoisotopic (exact) mass is 448 g/mol. The molecule has 0 bridgehead atoms. The smallest absolute Gasteiger partial charge is 0.321 e. The van der Waals surface area contributed by atoms with Gasteiger partial charge in [0, 0.05) is 49.5 Å². The van der Waals surface area contributed by atoms with E-state index < -0.39 is 27.7 Å². The number of pyridine rings is 1. The quantitative estimate of drug-likeness (QED) is 0.439. The van der Waals surface area contributed by atoms with E-state index in [-0.39, 0.29) is 17.2 Å². The molecule has 3 heterocycles. The van der Waals surface area contributed by atoms with E-state index in [0.717, 1.165) is 22.9 Å². The SMILES string of the molecule is CN(C)S(=O)(=O)/N=C(\[O-])c1cnn2ccc(N3CCC[C@@H]3c3cc(F)ccc3F)cc12. The second-order valence-corrected chi connectivity index (χ2v) is 9.26. The molecule has 0 spiro atoms. The Balaban J connectivity index is 1.75. The van der Waals surface area contributed by atoms with Crippen molar-refractivity contribution >= 4 is 27.3 Å². The van der Waals surface area contributed by atoms with Crippen LogP contribution in [0.25, 0.3) is 5.52 Å². The fourth-order valence-electron chi connectivity index (χ4n) is 3.72. The van der Waals surface area contributed by atoms with Gasteiger partial charge in [0.1, 0.15) is 11.6 Å². The first-order chi connectivity index (χ1) is 14.7. The van der Waals surface area contributed by atoms with Gasteiger partial charge in [-0.25, -0.2) is 13.3 Å². The highest BCUT2D eigenvalue weighted by Gasteiger charge is 2.29. The maximum atomic E-state index is 14.4. The molecule has 8 nitrogen and oxygen atoms in total. The van der Waals surface area contributed by atoms with Crippen LogP contribution in [-0.4, -0.2) is 48.9 Å². The number of anilines is 1. The van der Waals surface area contributed by atoms with E-state index in [4.69, 9.17) is 0 Å². The van der Waals surface area contributed by atoms with Crippen molar-refractivity contribution in [1.82, 2.24) is 13.9 Å². The summed E-state index contributed by atoms with van der Waals surface area (Å²) in [7, 11) is -1.53. The van der Waals surface area contributed by atoms with Crippen LogP contribution in [0, 0.1) is 11.6 Å². The summed E-state index contributed by atoms with van der Waals surface area (Å²) in [5, 5.41) is 16.6. The Kier molecular flexibility index (Phi) is 5.40. The Labute approximate surface area is 178 Å². The predicted octanol–water partition coefficient (Wildman–Crippen LogP) is 1.87. The van der Waals surface area contributed by atoms with Crippen molar-refractivity contribution < 1.29 is 22.3 Å². The third-order valence-electron chi connectivity index (χ3n) is 5.30. The molecule has 0 N–H and O–H groups in total. The molecular weight excluding hydrogens is 428 g/mol. The number of fused-ring (bicyclic) bond motifs is 1. The Morgan fingerprint density at radius 2 is 2.03 bits per heavy atom. The number of benzene rings is 1. The second kappa shape index (κ2) is 7.89. The van der Waals surface area contributed by atoms with Crippen molar-refractivity contribution in [2.45, 2.75) is 18.9 Å². The Morgan fingerprint density at radius 1 is 1.26 bits per heavy atom. The molecule has 4 rings (SSSR count). The van der Waals surface area contributed by atoms with Crippen LogP contribution in [0.4, 0.5) is 14.5 Å². The molecule has 11 heteroatoms. The van der Waals surface area contributed by atoms with Gasteiger partial charge in [-0.2, -0.15) is 22.2 Å². The lowest BCUT2D eigenvalue weighted by atomic mass is 10.0. The molecule has 1 aromatic carbocycles. The zero-order valence-electron chi connectivity index (χ0n) is 16.9. The molecule has 0 unspecified atom stereocenters. The van der Waals surface area contributed by atoms with Crippen molar-refractivity contribution in [3.8, 4) is 0 Å². The van der Waals surface area contributed by atoms with E-state index in [9.17, 15) is 22.3 Å². The average Bonchev–Trinajstić information content (AvgIpc) is 3.35. The van der Waals surface area contributed by atoms with Gasteiger partial charge in [0.15, 0.2) is 0 Å². The fourth-order valence-corrected chi connectivity index (χ4v) is 4.19. The minimum absolute atomic E-state index is 0.0277. The molecule has 1 aliphatic rings. The van der Waals surface area contributed by atoms with E-state index in [2.05, 4.69) is 9.50 Å². The van der Waals surface area contributed by atoms with Crippen LogP contribution in [0.2, 0.25) is 0 Å². The molecular formula is C20H20F2N5O3S-. The molecule has 31 heavy (non-hydrogen) atoms. The molecule has 0 saturated carbocycles. The lowest BCUT2D eigenvalue weighted by molar-refractivity contribution is -0.212. The highest BCUT2D eigenvalue weighted by Crippen LogP contribution is 2.38. The summed E-state index contributed by atoms with van der Waals surface area (Å²) in [4.78, 5) is 1.94. The van der Waals surface area contributed by atoms with Crippen LogP contribution < -0.4 is 10.0 Å². The maximum Gasteiger partial charge on any atom is 0.321 e. The summed E-state index contributed by atoms with van der Waals surface area (Å²) in [5.41, 5.74) is 1.35.